The quantitative estimate of drug-likeness (QED) is 0.406. The number of phenols is 1. The van der Waals surface area contributed by atoms with Crippen LogP contribution in [0.5, 0.6) is 11.5 Å². The van der Waals surface area contributed by atoms with E-state index in [1.807, 2.05) is 0 Å². The van der Waals surface area contributed by atoms with Crippen molar-refractivity contribution < 1.29 is 24.2 Å². The Balaban J connectivity index is 1.54. The first-order valence-electron chi connectivity index (χ1n) is 11.0. The maximum Gasteiger partial charge on any atom is 0.308 e. The molecular weight excluding hydrogens is 526 g/mol. The number of carbonyl (C=O) groups excluding carboxylic acids is 3. The lowest BCUT2D eigenvalue weighted by atomic mass is 9.83. The van der Waals surface area contributed by atoms with Crippen molar-refractivity contribution in [2.24, 2.45) is 5.92 Å². The number of hydrogen-bond donors (Lipinski definition) is 3. The van der Waals surface area contributed by atoms with E-state index in [4.69, 9.17) is 16.3 Å². The lowest BCUT2D eigenvalue weighted by Crippen LogP contribution is -2.32. The number of nitrogens with zero attached hydrogens (tertiary/aromatic N) is 1. The number of aromatic hydroxyl groups is 1. The van der Waals surface area contributed by atoms with Crippen molar-refractivity contribution in [1.82, 2.24) is 9.88 Å². The van der Waals surface area contributed by atoms with Gasteiger partial charge in [-0.2, -0.15) is 0 Å². The Bertz CT molecular complexity index is 1430. The summed E-state index contributed by atoms with van der Waals surface area (Å²) >= 11 is 7.95. The summed E-state index contributed by atoms with van der Waals surface area (Å²) in [5.41, 5.74) is 1.15. The van der Waals surface area contributed by atoms with E-state index in [9.17, 15) is 24.3 Å². The predicted molar refractivity (Wildman–Crippen MR) is 136 cm³/mol. The van der Waals surface area contributed by atoms with Gasteiger partial charge in [0.2, 0.25) is 17.7 Å². The van der Waals surface area contributed by atoms with Crippen LogP contribution in [0.3, 0.4) is 0 Å². The first-order valence-corrected chi connectivity index (χ1v) is 13.1. The standard InChI is InChI=1S/C24H20ClN3O6S2/c1-2-34-15-9-11(3-8-14(15)29)17-18-19(22(32)27-21(18)31)35-23-20(17)36-24(33)28(23)10-16(30)26-13-6-4-12(25)5-7-13/h3-9,17-19,29H,2,10H2,1H3,(H,26,30)(H,27,31,32). The third-order valence-corrected chi connectivity index (χ3v) is 8.83. The van der Waals surface area contributed by atoms with Gasteiger partial charge in [0.15, 0.2) is 11.5 Å². The number of ether oxygens (including phenoxy) is 1. The molecule has 3 N–H and O–H groups in total. The van der Waals surface area contributed by atoms with Crippen LogP contribution in [0.1, 0.15) is 23.3 Å². The predicted octanol–water partition coefficient (Wildman–Crippen LogP) is 3.19. The van der Waals surface area contributed by atoms with Crippen LogP contribution < -0.4 is 20.2 Å². The molecule has 1 saturated heterocycles. The third-order valence-electron chi connectivity index (χ3n) is 5.96. The molecule has 0 bridgehead atoms. The van der Waals surface area contributed by atoms with Crippen molar-refractivity contribution in [3.63, 3.8) is 0 Å². The van der Waals surface area contributed by atoms with E-state index in [0.717, 1.165) is 23.1 Å². The minimum Gasteiger partial charge on any atom is -0.504 e. The van der Waals surface area contributed by atoms with Gasteiger partial charge < -0.3 is 15.2 Å². The summed E-state index contributed by atoms with van der Waals surface area (Å²) in [7, 11) is 0. The second-order valence-corrected chi connectivity index (χ2v) is 10.8. The average molecular weight is 546 g/mol. The summed E-state index contributed by atoms with van der Waals surface area (Å²) in [5, 5.41) is 15.5. The Morgan fingerprint density at radius 3 is 2.64 bits per heavy atom. The molecule has 36 heavy (non-hydrogen) atoms. The van der Waals surface area contributed by atoms with Crippen LogP contribution in [0.4, 0.5) is 5.69 Å². The van der Waals surface area contributed by atoms with E-state index in [1.54, 1.807) is 43.3 Å². The maximum absolute atomic E-state index is 13.0. The number of benzene rings is 2. The number of amides is 3. The second kappa shape index (κ2) is 9.64. The smallest absolute Gasteiger partial charge is 0.308 e. The highest BCUT2D eigenvalue weighted by atomic mass is 35.5. The zero-order valence-corrected chi connectivity index (χ0v) is 21.2. The Labute approximate surface area is 218 Å². The van der Waals surface area contributed by atoms with Gasteiger partial charge in [0.1, 0.15) is 11.8 Å². The van der Waals surface area contributed by atoms with Gasteiger partial charge in [-0.3, -0.25) is 29.1 Å². The zero-order valence-electron chi connectivity index (χ0n) is 18.8. The molecule has 2 aromatic carbocycles. The summed E-state index contributed by atoms with van der Waals surface area (Å²) < 4.78 is 6.85. The van der Waals surface area contributed by atoms with Crippen molar-refractivity contribution in [2.75, 3.05) is 11.9 Å². The number of nitrogens with one attached hydrogen (secondary N) is 2. The number of thiazole rings is 1. The number of phenolic OH excluding ortho intramolecular Hbond substituents is 1. The van der Waals surface area contributed by atoms with Gasteiger partial charge in [0, 0.05) is 21.5 Å². The zero-order chi connectivity index (χ0) is 25.6. The number of rotatable bonds is 6. The van der Waals surface area contributed by atoms with Crippen LogP contribution in [0, 0.1) is 5.92 Å². The topological polar surface area (TPSA) is 127 Å². The molecule has 5 rings (SSSR count). The van der Waals surface area contributed by atoms with Gasteiger partial charge in [0.05, 0.1) is 17.6 Å². The van der Waals surface area contributed by atoms with Gasteiger partial charge in [-0.25, -0.2) is 0 Å². The lowest BCUT2D eigenvalue weighted by Gasteiger charge is -2.31. The molecule has 186 valence electrons. The first kappa shape index (κ1) is 24.4. The van der Waals surface area contributed by atoms with Crippen molar-refractivity contribution in [1.29, 1.82) is 0 Å². The molecule has 3 atom stereocenters. The maximum atomic E-state index is 13.0. The van der Waals surface area contributed by atoms with Crippen LogP contribution >= 0.6 is 34.7 Å². The SMILES string of the molecule is CCOc1cc(C2c3sc(=O)n(CC(=O)Nc4ccc(Cl)cc4)c3SC3C(=O)NC(=O)C32)ccc1O. The van der Waals surface area contributed by atoms with E-state index < -0.39 is 34.8 Å². The Hall–Kier alpha value is -3.28. The number of anilines is 1. The highest BCUT2D eigenvalue weighted by molar-refractivity contribution is 8.00. The highest BCUT2D eigenvalue weighted by Gasteiger charge is 2.53. The van der Waals surface area contributed by atoms with Crippen LogP contribution in [-0.2, 0) is 20.9 Å². The molecule has 0 spiro atoms. The van der Waals surface area contributed by atoms with Crippen molar-refractivity contribution in [3.8, 4) is 11.5 Å². The van der Waals surface area contributed by atoms with Gasteiger partial charge in [-0.05, 0) is 48.9 Å². The normalized spacial score (nSPS) is 20.4. The molecule has 0 saturated carbocycles. The average Bonchev–Trinajstić information content (AvgIpc) is 3.30. The summed E-state index contributed by atoms with van der Waals surface area (Å²) in [6.45, 7) is 1.83. The van der Waals surface area contributed by atoms with E-state index in [0.29, 0.717) is 32.8 Å². The molecule has 9 nitrogen and oxygen atoms in total. The van der Waals surface area contributed by atoms with Crippen molar-refractivity contribution in [2.45, 2.75) is 29.7 Å². The van der Waals surface area contributed by atoms with Crippen LogP contribution in [0.2, 0.25) is 5.02 Å². The fourth-order valence-corrected chi connectivity index (χ4v) is 7.27. The fraction of sp³-hybridized carbons (Fsp3) is 0.250. The number of halogens is 1. The highest BCUT2D eigenvalue weighted by Crippen LogP contribution is 2.52. The molecule has 2 aliphatic heterocycles. The number of aromatic nitrogens is 1. The molecule has 12 heteroatoms. The van der Waals surface area contributed by atoms with Gasteiger partial charge in [-0.15, -0.1) is 0 Å². The van der Waals surface area contributed by atoms with Gasteiger partial charge in [0.25, 0.3) is 0 Å². The lowest BCUT2D eigenvalue weighted by molar-refractivity contribution is -0.126. The largest absolute Gasteiger partial charge is 0.504 e. The number of imide groups is 1. The van der Waals surface area contributed by atoms with Gasteiger partial charge in [-0.1, -0.05) is 40.8 Å². The van der Waals surface area contributed by atoms with E-state index in [1.165, 1.54) is 10.6 Å². The number of thioether (sulfide) groups is 1. The van der Waals surface area contributed by atoms with Crippen molar-refractivity contribution >= 4 is 58.1 Å². The Morgan fingerprint density at radius 2 is 1.92 bits per heavy atom. The van der Waals surface area contributed by atoms with Crippen LogP contribution in [0.15, 0.2) is 52.3 Å². The molecule has 3 amide bonds. The molecular formula is C24H20ClN3O6S2. The molecule has 0 aliphatic carbocycles. The third kappa shape index (κ3) is 4.38. The van der Waals surface area contributed by atoms with E-state index in [-0.39, 0.29) is 22.9 Å². The summed E-state index contributed by atoms with van der Waals surface area (Å²) in [4.78, 5) is 51.5. The molecule has 3 aromatic rings. The molecule has 1 fully saturated rings. The minimum atomic E-state index is -0.765. The summed E-state index contributed by atoms with van der Waals surface area (Å²) in [5.74, 6) is -2.48. The van der Waals surface area contributed by atoms with Crippen molar-refractivity contribution in [3.05, 3.63) is 67.6 Å². The molecule has 1 aromatic heterocycles. The minimum absolute atomic E-state index is 0.0564. The van der Waals surface area contributed by atoms with Gasteiger partial charge >= 0.3 is 4.87 Å². The number of fused-ring (bicyclic) bond motifs is 2. The van der Waals surface area contributed by atoms with E-state index in [2.05, 4.69) is 10.6 Å². The fourth-order valence-electron chi connectivity index (χ4n) is 4.41. The second-order valence-electron chi connectivity index (χ2n) is 8.23. The van der Waals surface area contributed by atoms with Crippen LogP contribution in [-0.4, -0.2) is 39.3 Å². The summed E-state index contributed by atoms with van der Waals surface area (Å²) in [6.07, 6.45) is 0. The Morgan fingerprint density at radius 1 is 1.17 bits per heavy atom. The van der Waals surface area contributed by atoms with E-state index >= 15 is 0 Å². The number of carbonyl (C=O) groups is 3. The molecule has 3 heterocycles. The molecule has 0 radical (unpaired) electrons. The monoisotopic (exact) mass is 545 g/mol. The first-order chi connectivity index (χ1) is 17.3. The molecule has 3 unspecified atom stereocenters. The number of hydrogen-bond acceptors (Lipinski definition) is 8. The Kier molecular flexibility index (Phi) is 6.54. The summed E-state index contributed by atoms with van der Waals surface area (Å²) in [6, 6.07) is 11.3. The van der Waals surface area contributed by atoms with Crippen LogP contribution in [0.25, 0.3) is 0 Å². The molecule has 2 aliphatic rings.